The van der Waals surface area contributed by atoms with Crippen LogP contribution in [0.2, 0.25) is 0 Å². The number of hydrogen-bond donors (Lipinski definition) is 1. The molecule has 1 aromatic heterocycles. The molecule has 9 bridgehead atoms. The number of hydrogen-bond acceptors (Lipinski definition) is 9. The number of aryl methyl sites for hydroxylation is 1. The number of methoxy groups -OCH3 is 1. The van der Waals surface area contributed by atoms with E-state index in [1.807, 2.05) is 31.2 Å². The Bertz CT molecular complexity index is 1810. The zero-order valence-corrected chi connectivity index (χ0v) is 24.8. The Kier molecular flexibility index (Phi) is 7.71. The number of aromatic nitrogens is 3. The molecule has 4 aromatic rings. The van der Waals surface area contributed by atoms with Gasteiger partial charge < -0.3 is 23.5 Å². The highest BCUT2D eigenvalue weighted by atomic mass is 32.2. The van der Waals surface area contributed by atoms with E-state index in [-0.39, 0.29) is 18.7 Å². The number of ether oxygens (including phenoxy) is 3. The quantitative estimate of drug-likeness (QED) is 0.363. The van der Waals surface area contributed by atoms with Gasteiger partial charge in [-0.25, -0.2) is 4.68 Å². The number of nitrogens with zero attached hydrogens (tertiary/aromatic N) is 4. The molecule has 0 spiro atoms. The van der Waals surface area contributed by atoms with E-state index in [9.17, 15) is 18.3 Å². The molecule has 7 rings (SSSR count). The summed E-state index contributed by atoms with van der Waals surface area (Å²) in [4.78, 5) is 12.1. The number of carboxylic acids is 1. The second-order valence-electron chi connectivity index (χ2n) is 10.6. The summed E-state index contributed by atoms with van der Waals surface area (Å²) < 4.78 is 52.5. The minimum atomic E-state index is -4.16. The normalized spacial score (nSPS) is 21.6. The van der Waals surface area contributed by atoms with Crippen molar-refractivity contribution in [2.75, 3.05) is 26.9 Å². The molecule has 3 aromatic carbocycles. The predicted molar refractivity (Wildman–Crippen MR) is 156 cm³/mol. The fourth-order valence-electron chi connectivity index (χ4n) is 5.82. The van der Waals surface area contributed by atoms with Crippen LogP contribution in [0.5, 0.6) is 17.2 Å². The van der Waals surface area contributed by atoms with Crippen molar-refractivity contribution in [1.82, 2.24) is 19.3 Å². The smallest absolute Gasteiger partial charge is 0.386 e. The Morgan fingerprint density at radius 3 is 2.72 bits per heavy atom. The summed E-state index contributed by atoms with van der Waals surface area (Å²) in [6.45, 7) is 5.22. The van der Waals surface area contributed by atoms with E-state index in [4.69, 9.17) is 18.4 Å². The van der Waals surface area contributed by atoms with Crippen molar-refractivity contribution in [2.24, 2.45) is 0 Å². The van der Waals surface area contributed by atoms with Crippen LogP contribution in [-0.4, -0.2) is 65.7 Å². The van der Waals surface area contributed by atoms with E-state index < -0.39 is 28.2 Å². The standard InChI is InChI=1S/C30H32N4O8S/c1-18-23-6-7-26-30(18)31-32-33(26)10-11-40-12-13-41-22-5-9-27-21(14-22)17-34(43(37,38)42-27)19(2)24-15-20(4-8-28(24)39-3)25(23)16-29(35)36/h4-9,14-15,19,25H,10-13,16-17H2,1-3H3,(H,35,36)/t19-,25-/m1/s1. The maximum atomic E-state index is 13.3. The van der Waals surface area contributed by atoms with Crippen molar-refractivity contribution in [1.29, 1.82) is 0 Å². The van der Waals surface area contributed by atoms with Gasteiger partial charge in [0.25, 0.3) is 0 Å². The molecule has 12 nitrogen and oxygen atoms in total. The highest BCUT2D eigenvalue weighted by Gasteiger charge is 2.37. The van der Waals surface area contributed by atoms with E-state index in [1.165, 1.54) is 11.4 Å². The van der Waals surface area contributed by atoms with Crippen LogP contribution in [0.3, 0.4) is 0 Å². The molecule has 13 heteroatoms. The van der Waals surface area contributed by atoms with Crippen molar-refractivity contribution >= 4 is 27.3 Å². The number of benzene rings is 3. The van der Waals surface area contributed by atoms with Gasteiger partial charge in [-0.05, 0) is 66.9 Å². The lowest BCUT2D eigenvalue weighted by Gasteiger charge is -2.33. The largest absolute Gasteiger partial charge is 0.496 e. The number of fused-ring (bicyclic) bond motifs is 6. The molecule has 43 heavy (non-hydrogen) atoms. The summed E-state index contributed by atoms with van der Waals surface area (Å²) in [5.74, 6) is -0.241. The summed E-state index contributed by atoms with van der Waals surface area (Å²) in [6, 6.07) is 13.5. The number of carboxylic acid groups (broad SMARTS) is 1. The monoisotopic (exact) mass is 608 g/mol. The molecule has 0 saturated heterocycles. The van der Waals surface area contributed by atoms with Gasteiger partial charge in [-0.2, -0.15) is 12.7 Å². The zero-order chi connectivity index (χ0) is 30.3. The predicted octanol–water partition coefficient (Wildman–Crippen LogP) is 3.96. The van der Waals surface area contributed by atoms with Crippen molar-refractivity contribution in [3.05, 3.63) is 76.3 Å². The van der Waals surface area contributed by atoms with Crippen LogP contribution in [-0.2, 0) is 32.9 Å². The minimum Gasteiger partial charge on any atom is -0.496 e. The van der Waals surface area contributed by atoms with Crippen molar-refractivity contribution in [3.8, 4) is 17.2 Å². The van der Waals surface area contributed by atoms with Crippen molar-refractivity contribution in [2.45, 2.75) is 45.3 Å². The van der Waals surface area contributed by atoms with Gasteiger partial charge in [-0.1, -0.05) is 17.3 Å². The van der Waals surface area contributed by atoms with Gasteiger partial charge in [0.05, 0.1) is 44.8 Å². The van der Waals surface area contributed by atoms with Crippen LogP contribution < -0.4 is 13.7 Å². The second-order valence-corrected chi connectivity index (χ2v) is 12.1. The molecule has 0 amide bonds. The lowest BCUT2D eigenvalue weighted by Crippen LogP contribution is -2.39. The fourth-order valence-corrected chi connectivity index (χ4v) is 7.10. The maximum Gasteiger partial charge on any atom is 0.386 e. The van der Waals surface area contributed by atoms with E-state index in [0.717, 1.165) is 16.6 Å². The fraction of sp³-hybridized carbons (Fsp3) is 0.367. The van der Waals surface area contributed by atoms with Crippen LogP contribution >= 0.6 is 0 Å². The second kappa shape index (κ2) is 11.5. The van der Waals surface area contributed by atoms with Gasteiger partial charge >= 0.3 is 16.3 Å². The highest BCUT2D eigenvalue weighted by molar-refractivity contribution is 7.84. The van der Waals surface area contributed by atoms with E-state index >= 15 is 0 Å². The molecule has 0 radical (unpaired) electrons. The minimum absolute atomic E-state index is 0.0449. The third-order valence-corrected chi connectivity index (χ3v) is 9.47. The molecule has 3 aliphatic rings. The summed E-state index contributed by atoms with van der Waals surface area (Å²) >= 11 is 0. The molecule has 0 aliphatic carbocycles. The van der Waals surface area contributed by atoms with Gasteiger partial charge in [0.2, 0.25) is 0 Å². The molecule has 0 fully saturated rings. The molecular formula is C30H32N4O8S. The first-order valence-electron chi connectivity index (χ1n) is 13.9. The van der Waals surface area contributed by atoms with Crippen LogP contribution in [0.15, 0.2) is 48.5 Å². The van der Waals surface area contributed by atoms with E-state index in [1.54, 1.807) is 35.9 Å². The molecule has 3 aliphatic heterocycles. The zero-order valence-electron chi connectivity index (χ0n) is 24.0. The Hall–Kier alpha value is -4.20. The third-order valence-electron chi connectivity index (χ3n) is 8.06. The summed E-state index contributed by atoms with van der Waals surface area (Å²) in [5.41, 5.74) is 5.03. The average molecular weight is 609 g/mol. The molecule has 226 valence electrons. The molecular weight excluding hydrogens is 576 g/mol. The van der Waals surface area contributed by atoms with Gasteiger partial charge in [0.15, 0.2) is 0 Å². The molecule has 0 saturated carbocycles. The molecule has 3 atom stereocenters. The summed E-state index contributed by atoms with van der Waals surface area (Å²) in [5, 5.41) is 18.6. The SMILES string of the molecule is COc1ccc2cc1[C@@H](C)N1Cc3cc(ccc3OS1(=O)=O)OCCOCCn1nnc3c(C)c(ccc31)[C@@H]2CC(=O)O. The van der Waals surface area contributed by atoms with Crippen LogP contribution in [0.25, 0.3) is 11.0 Å². The van der Waals surface area contributed by atoms with E-state index in [0.29, 0.717) is 60.1 Å². The van der Waals surface area contributed by atoms with Gasteiger partial charge in [-0.15, -0.1) is 5.10 Å². The van der Waals surface area contributed by atoms with Crippen molar-refractivity contribution < 1.29 is 36.7 Å². The first kappa shape index (κ1) is 28.9. The maximum absolute atomic E-state index is 13.3. The molecule has 1 N–H and O–H groups in total. The first-order valence-corrected chi connectivity index (χ1v) is 15.3. The Morgan fingerprint density at radius 2 is 1.93 bits per heavy atom. The lowest BCUT2D eigenvalue weighted by atomic mass is 9.84. The average Bonchev–Trinajstić information content (AvgIpc) is 3.40. The van der Waals surface area contributed by atoms with Crippen LogP contribution in [0.1, 0.15) is 53.1 Å². The topological polar surface area (TPSA) is 142 Å². The molecule has 1 unspecified atom stereocenters. The van der Waals surface area contributed by atoms with Crippen LogP contribution in [0, 0.1) is 6.92 Å². The lowest BCUT2D eigenvalue weighted by molar-refractivity contribution is -0.137. The Morgan fingerprint density at radius 1 is 1.09 bits per heavy atom. The molecule has 4 heterocycles. The summed E-state index contributed by atoms with van der Waals surface area (Å²) in [7, 11) is -2.65. The first-order chi connectivity index (χ1) is 20.7. The Labute approximate surface area is 249 Å². The van der Waals surface area contributed by atoms with Gasteiger partial charge in [0.1, 0.15) is 29.4 Å². The number of aliphatic carboxylic acids is 1. The number of carbonyl (C=O) groups is 1. The third kappa shape index (κ3) is 5.51. The summed E-state index contributed by atoms with van der Waals surface area (Å²) in [6.07, 6.45) is -0.185. The van der Waals surface area contributed by atoms with E-state index in [2.05, 4.69) is 10.3 Å². The number of rotatable bonds is 3. The van der Waals surface area contributed by atoms with Gasteiger partial charge in [-0.3, -0.25) is 4.79 Å². The van der Waals surface area contributed by atoms with Crippen LogP contribution in [0.4, 0.5) is 0 Å². The van der Waals surface area contributed by atoms with Gasteiger partial charge in [0, 0.05) is 23.6 Å². The van der Waals surface area contributed by atoms with Crippen molar-refractivity contribution in [3.63, 3.8) is 0 Å². The Balaban J connectivity index is 1.50. The highest BCUT2D eigenvalue weighted by Crippen LogP contribution is 2.41.